The maximum Gasteiger partial charge on any atom is 0.306 e. The van der Waals surface area contributed by atoms with Crippen molar-refractivity contribution in [2.24, 2.45) is 0 Å². The first-order chi connectivity index (χ1) is 40.1. The number of carboxylic acids is 1. The highest BCUT2D eigenvalue weighted by atomic mass is 16.7. The van der Waals surface area contributed by atoms with Gasteiger partial charge in [0.2, 0.25) is 0 Å². The standard InChI is InChI=1S/C73H129NO8/c1-6-8-10-12-14-16-18-20-22-24-25-26-27-28-29-30-31-32-33-34-35-36-37-38-39-40-41-42-43-44-45-46-47-48-50-52-54-56-58-60-62-64-71(76)82-69(68-81-73(72(77)78)79-66-65-74(3,4)5)67-80-70(75)63-61-59-57-55-53-51-49-23-21-19-17-15-13-11-9-7-2/h8,10,14,16,20,22,25-26,28-29,31-32,34-35,69,73H,6-7,9,11-13,15,17-19,21,23-24,27,30,33,36-68H2,1-5H3/b10-8-,16-14-,22-20-,26-25-,29-28-,32-31-,35-34-. The predicted octanol–water partition coefficient (Wildman–Crippen LogP) is 19.7. The van der Waals surface area contributed by atoms with E-state index in [4.69, 9.17) is 18.9 Å². The van der Waals surface area contributed by atoms with Crippen LogP contribution in [0.15, 0.2) is 85.1 Å². The van der Waals surface area contributed by atoms with Crippen molar-refractivity contribution >= 4 is 17.9 Å². The summed E-state index contributed by atoms with van der Waals surface area (Å²) in [5.74, 6) is -2.26. The van der Waals surface area contributed by atoms with Crippen LogP contribution in [0.25, 0.3) is 0 Å². The van der Waals surface area contributed by atoms with Crippen molar-refractivity contribution in [3.63, 3.8) is 0 Å². The second-order valence-corrected chi connectivity index (χ2v) is 24.1. The van der Waals surface area contributed by atoms with Gasteiger partial charge in [-0.2, -0.15) is 0 Å². The number of rotatable bonds is 63. The lowest BCUT2D eigenvalue weighted by atomic mass is 10.0. The number of hydrogen-bond acceptors (Lipinski definition) is 8. The van der Waals surface area contributed by atoms with Crippen LogP contribution in [0.3, 0.4) is 0 Å². The molecule has 0 aromatic rings. The number of carbonyl (C=O) groups excluding carboxylic acids is 3. The highest BCUT2D eigenvalue weighted by molar-refractivity contribution is 5.70. The predicted molar refractivity (Wildman–Crippen MR) is 348 cm³/mol. The van der Waals surface area contributed by atoms with Crippen molar-refractivity contribution in [1.82, 2.24) is 0 Å². The number of allylic oxidation sites excluding steroid dienone is 14. The van der Waals surface area contributed by atoms with Crippen LogP contribution in [0.4, 0.5) is 0 Å². The second kappa shape index (κ2) is 63.5. The van der Waals surface area contributed by atoms with E-state index in [2.05, 4.69) is 98.9 Å². The fraction of sp³-hybridized carbons (Fsp3) is 0.767. The van der Waals surface area contributed by atoms with Crippen LogP contribution in [-0.2, 0) is 33.3 Å². The maximum atomic E-state index is 12.9. The lowest BCUT2D eigenvalue weighted by molar-refractivity contribution is -0.870. The van der Waals surface area contributed by atoms with Crippen LogP contribution in [0.1, 0.15) is 303 Å². The zero-order valence-electron chi connectivity index (χ0n) is 54.1. The van der Waals surface area contributed by atoms with Crippen molar-refractivity contribution < 1.29 is 42.9 Å². The molecule has 0 amide bonds. The van der Waals surface area contributed by atoms with E-state index in [1.165, 1.54) is 193 Å². The minimum atomic E-state index is -1.62. The molecule has 0 N–H and O–H groups in total. The topological polar surface area (TPSA) is 111 Å². The second-order valence-electron chi connectivity index (χ2n) is 24.1. The molecule has 2 unspecified atom stereocenters. The van der Waals surface area contributed by atoms with Gasteiger partial charge < -0.3 is 33.3 Å². The van der Waals surface area contributed by atoms with E-state index in [9.17, 15) is 19.5 Å². The Labute approximate surface area is 506 Å². The summed E-state index contributed by atoms with van der Waals surface area (Å²) in [6, 6.07) is 0. The number of ether oxygens (including phenoxy) is 4. The van der Waals surface area contributed by atoms with Crippen LogP contribution < -0.4 is 5.11 Å². The number of unbranched alkanes of at least 4 members (excludes halogenated alkanes) is 34. The molecule has 0 aliphatic carbocycles. The van der Waals surface area contributed by atoms with Gasteiger partial charge in [0.05, 0.1) is 40.3 Å². The summed E-state index contributed by atoms with van der Waals surface area (Å²) in [7, 11) is 5.93. The number of carboxylic acid groups (broad SMARTS) is 1. The molecule has 0 radical (unpaired) electrons. The molecule has 0 heterocycles. The van der Waals surface area contributed by atoms with Crippen LogP contribution >= 0.6 is 0 Å². The Hall–Kier alpha value is -3.53. The van der Waals surface area contributed by atoms with Gasteiger partial charge in [-0.15, -0.1) is 0 Å². The van der Waals surface area contributed by atoms with Crippen LogP contribution in [-0.4, -0.2) is 82.3 Å². The average molecular weight is 1150 g/mol. The van der Waals surface area contributed by atoms with E-state index in [1.54, 1.807) is 0 Å². The van der Waals surface area contributed by atoms with E-state index in [0.717, 1.165) is 77.0 Å². The van der Waals surface area contributed by atoms with Crippen molar-refractivity contribution in [3.05, 3.63) is 85.1 Å². The van der Waals surface area contributed by atoms with Crippen LogP contribution in [0, 0.1) is 0 Å². The Balaban J connectivity index is 3.99. The number of likely N-dealkylation sites (N-methyl/N-ethyl adjacent to an activating group) is 1. The summed E-state index contributed by atoms with van der Waals surface area (Å²) in [6.07, 6.45) is 82.4. The molecule has 0 saturated carbocycles. The van der Waals surface area contributed by atoms with Gasteiger partial charge in [0.15, 0.2) is 12.4 Å². The molecule has 0 bridgehead atoms. The summed E-state index contributed by atoms with van der Waals surface area (Å²) in [4.78, 5) is 37.4. The summed E-state index contributed by atoms with van der Waals surface area (Å²) < 4.78 is 22.8. The summed E-state index contributed by atoms with van der Waals surface area (Å²) in [6.45, 7) is 4.67. The monoisotopic (exact) mass is 1150 g/mol. The van der Waals surface area contributed by atoms with Crippen molar-refractivity contribution in [2.45, 2.75) is 315 Å². The molecule has 0 spiro atoms. The Morgan fingerprint density at radius 1 is 0.378 bits per heavy atom. The number of aliphatic carboxylic acids is 1. The molecule has 82 heavy (non-hydrogen) atoms. The molecule has 0 aliphatic heterocycles. The van der Waals surface area contributed by atoms with Crippen LogP contribution in [0.2, 0.25) is 0 Å². The molecule has 0 fully saturated rings. The SMILES string of the molecule is CC/C=C\C/C=C\C/C=C\C/C=C\C/C=C\C/C=C\C/C=C\CCCCCCCCCCCCCCCCCCCCCC(=O)OC(COC(=O)CCCCCCCCCCCCCCCCCC)COC(OCC[N+](C)(C)C)C(=O)[O-]. The molecular formula is C73H129NO8. The van der Waals surface area contributed by atoms with Crippen LogP contribution in [0.5, 0.6) is 0 Å². The van der Waals surface area contributed by atoms with Gasteiger partial charge in [-0.05, 0) is 70.6 Å². The molecule has 0 aromatic heterocycles. The number of quaternary nitrogens is 1. The molecule has 0 saturated heterocycles. The maximum absolute atomic E-state index is 12.9. The first-order valence-electron chi connectivity index (χ1n) is 34.2. The van der Waals surface area contributed by atoms with Crippen molar-refractivity contribution in [2.75, 3.05) is 47.5 Å². The molecule has 0 aliphatic rings. The third-order valence-electron chi connectivity index (χ3n) is 14.9. The van der Waals surface area contributed by atoms with Gasteiger partial charge in [-0.3, -0.25) is 9.59 Å². The minimum Gasteiger partial charge on any atom is -0.545 e. The number of esters is 2. The quantitative estimate of drug-likeness (QED) is 0.0195. The largest absolute Gasteiger partial charge is 0.545 e. The molecule has 9 heteroatoms. The van der Waals surface area contributed by atoms with Gasteiger partial charge in [0.25, 0.3) is 0 Å². The van der Waals surface area contributed by atoms with E-state index in [1.807, 2.05) is 21.1 Å². The first kappa shape index (κ1) is 78.5. The van der Waals surface area contributed by atoms with Gasteiger partial charge in [-0.1, -0.05) is 304 Å². The molecule has 0 rings (SSSR count). The summed E-state index contributed by atoms with van der Waals surface area (Å²) in [5, 5.41) is 11.8. The summed E-state index contributed by atoms with van der Waals surface area (Å²) in [5.41, 5.74) is 0. The minimum absolute atomic E-state index is 0.149. The first-order valence-corrected chi connectivity index (χ1v) is 34.2. The summed E-state index contributed by atoms with van der Waals surface area (Å²) >= 11 is 0. The zero-order chi connectivity index (χ0) is 59.8. The van der Waals surface area contributed by atoms with Crippen molar-refractivity contribution in [3.8, 4) is 0 Å². The highest BCUT2D eigenvalue weighted by Gasteiger charge is 2.22. The van der Waals surface area contributed by atoms with E-state index >= 15 is 0 Å². The Kier molecular flexibility index (Phi) is 60.8. The Morgan fingerprint density at radius 3 is 1.04 bits per heavy atom. The van der Waals surface area contributed by atoms with Gasteiger partial charge in [0, 0.05) is 12.8 Å². The molecule has 2 atom stereocenters. The smallest absolute Gasteiger partial charge is 0.306 e. The average Bonchev–Trinajstić information content (AvgIpc) is 3.45. The van der Waals surface area contributed by atoms with E-state index in [0.29, 0.717) is 23.9 Å². The lowest BCUT2D eigenvalue weighted by Gasteiger charge is -2.26. The van der Waals surface area contributed by atoms with E-state index in [-0.39, 0.29) is 32.2 Å². The third-order valence-corrected chi connectivity index (χ3v) is 14.9. The normalized spacial score (nSPS) is 13.2. The highest BCUT2D eigenvalue weighted by Crippen LogP contribution is 2.18. The fourth-order valence-corrected chi connectivity index (χ4v) is 9.70. The number of hydrogen-bond donors (Lipinski definition) is 0. The van der Waals surface area contributed by atoms with Crippen molar-refractivity contribution in [1.29, 1.82) is 0 Å². The Bertz CT molecular complexity index is 1620. The molecule has 0 aromatic carbocycles. The van der Waals surface area contributed by atoms with Gasteiger partial charge >= 0.3 is 11.9 Å². The Morgan fingerprint density at radius 2 is 0.695 bits per heavy atom. The molecule has 9 nitrogen and oxygen atoms in total. The lowest BCUT2D eigenvalue weighted by Crippen LogP contribution is -2.44. The number of carbonyl (C=O) groups is 3. The fourth-order valence-electron chi connectivity index (χ4n) is 9.70. The third kappa shape index (κ3) is 64.0. The van der Waals surface area contributed by atoms with Gasteiger partial charge in [0.1, 0.15) is 13.2 Å². The zero-order valence-corrected chi connectivity index (χ0v) is 54.1. The molecular weight excluding hydrogens is 1020 g/mol. The van der Waals surface area contributed by atoms with Gasteiger partial charge in [-0.25, -0.2) is 0 Å². The number of nitrogens with zero attached hydrogens (tertiary/aromatic N) is 1. The van der Waals surface area contributed by atoms with E-state index < -0.39 is 24.3 Å². The molecule has 474 valence electrons.